The van der Waals surface area contributed by atoms with Gasteiger partial charge in [0.05, 0.1) is 14.2 Å². The summed E-state index contributed by atoms with van der Waals surface area (Å²) in [6.45, 7) is 4.77. The van der Waals surface area contributed by atoms with Gasteiger partial charge in [-0.3, -0.25) is 9.59 Å². The zero-order valence-electron chi connectivity index (χ0n) is 17.5. The Hall–Kier alpha value is -3.02. The van der Waals surface area contributed by atoms with Gasteiger partial charge >= 0.3 is 0 Å². The van der Waals surface area contributed by atoms with E-state index in [1.165, 1.54) is 0 Å². The second-order valence-corrected chi connectivity index (χ2v) is 7.75. The number of hydrogen-bond donors (Lipinski definition) is 1. The summed E-state index contributed by atoms with van der Waals surface area (Å²) in [5.74, 6) is 0.875. The van der Waals surface area contributed by atoms with Gasteiger partial charge in [-0.15, -0.1) is 0 Å². The van der Waals surface area contributed by atoms with E-state index < -0.39 is 5.41 Å². The molecule has 6 nitrogen and oxygen atoms in total. The summed E-state index contributed by atoms with van der Waals surface area (Å²) < 4.78 is 10.8. The largest absolute Gasteiger partial charge is 0.493 e. The number of hydrogen-bond acceptors (Lipinski definition) is 4. The van der Waals surface area contributed by atoms with Crippen LogP contribution >= 0.6 is 0 Å². The molecule has 0 spiro atoms. The Labute approximate surface area is 171 Å². The highest BCUT2D eigenvalue weighted by atomic mass is 16.5. The molecule has 2 amide bonds. The molecule has 1 N–H and O–H groups in total. The molecule has 0 fully saturated rings. The van der Waals surface area contributed by atoms with Crippen molar-refractivity contribution in [3.8, 4) is 11.5 Å². The Morgan fingerprint density at radius 1 is 1.03 bits per heavy atom. The fourth-order valence-electron chi connectivity index (χ4n) is 3.55. The SMILES string of the molecule is COc1cc2c(cc1OC)CN(C(=O)C(C)(C)C(=O)NCc1ccccc1)CC2. The number of carbonyl (C=O) groups is 2. The highest BCUT2D eigenvalue weighted by Crippen LogP contribution is 2.34. The first-order chi connectivity index (χ1) is 13.9. The molecule has 1 heterocycles. The van der Waals surface area contributed by atoms with E-state index in [-0.39, 0.29) is 11.8 Å². The van der Waals surface area contributed by atoms with E-state index >= 15 is 0 Å². The van der Waals surface area contributed by atoms with Crippen molar-refractivity contribution in [2.24, 2.45) is 5.41 Å². The lowest BCUT2D eigenvalue weighted by molar-refractivity contribution is -0.149. The molecule has 0 bridgehead atoms. The van der Waals surface area contributed by atoms with E-state index in [0.717, 1.165) is 16.7 Å². The van der Waals surface area contributed by atoms with Gasteiger partial charge in [0, 0.05) is 19.6 Å². The Morgan fingerprint density at radius 3 is 2.28 bits per heavy atom. The molecule has 0 aromatic heterocycles. The van der Waals surface area contributed by atoms with Gasteiger partial charge < -0.3 is 19.7 Å². The first-order valence-electron chi connectivity index (χ1n) is 9.72. The lowest BCUT2D eigenvalue weighted by Crippen LogP contribution is -2.50. The van der Waals surface area contributed by atoms with Crippen LogP contribution in [0.1, 0.15) is 30.5 Å². The number of amides is 2. The zero-order valence-corrected chi connectivity index (χ0v) is 17.5. The van der Waals surface area contributed by atoms with Crippen LogP contribution in [-0.2, 0) is 29.1 Å². The fourth-order valence-corrected chi connectivity index (χ4v) is 3.55. The molecule has 6 heteroatoms. The predicted octanol–water partition coefficient (Wildman–Crippen LogP) is 2.93. The maximum Gasteiger partial charge on any atom is 0.238 e. The van der Waals surface area contributed by atoms with Crippen molar-refractivity contribution in [1.29, 1.82) is 0 Å². The summed E-state index contributed by atoms with van der Waals surface area (Å²) in [5.41, 5.74) is 2.00. The maximum atomic E-state index is 13.2. The van der Waals surface area contributed by atoms with E-state index in [9.17, 15) is 9.59 Å². The molecule has 1 aliphatic rings. The molecule has 0 saturated carbocycles. The molecule has 0 saturated heterocycles. The third kappa shape index (κ3) is 4.36. The molecule has 0 aliphatic carbocycles. The molecule has 0 atom stereocenters. The number of ether oxygens (including phenoxy) is 2. The maximum absolute atomic E-state index is 13.2. The number of rotatable bonds is 6. The molecular weight excluding hydrogens is 368 g/mol. The number of benzene rings is 2. The van der Waals surface area contributed by atoms with Gasteiger partial charge in [-0.1, -0.05) is 30.3 Å². The van der Waals surface area contributed by atoms with Crippen molar-refractivity contribution in [1.82, 2.24) is 10.2 Å². The Morgan fingerprint density at radius 2 is 1.66 bits per heavy atom. The first kappa shape index (κ1) is 20.7. The van der Waals surface area contributed by atoms with Crippen LogP contribution in [0.25, 0.3) is 0 Å². The summed E-state index contributed by atoms with van der Waals surface area (Å²) in [5, 5.41) is 2.89. The van der Waals surface area contributed by atoms with E-state index in [1.807, 2.05) is 42.5 Å². The van der Waals surface area contributed by atoms with E-state index in [2.05, 4.69) is 5.32 Å². The van der Waals surface area contributed by atoms with Crippen LogP contribution in [0.2, 0.25) is 0 Å². The second-order valence-electron chi connectivity index (χ2n) is 7.75. The van der Waals surface area contributed by atoms with Crippen LogP contribution in [0.3, 0.4) is 0 Å². The van der Waals surface area contributed by atoms with E-state index in [1.54, 1.807) is 33.0 Å². The van der Waals surface area contributed by atoms with Crippen LogP contribution < -0.4 is 14.8 Å². The van der Waals surface area contributed by atoms with Gasteiger partial charge in [0.25, 0.3) is 0 Å². The summed E-state index contributed by atoms with van der Waals surface area (Å²) >= 11 is 0. The third-order valence-electron chi connectivity index (χ3n) is 5.40. The Balaban J connectivity index is 1.70. The standard InChI is InChI=1S/C23H28N2O4/c1-23(2,21(26)24-14-16-8-6-5-7-9-16)22(27)25-11-10-17-12-19(28-3)20(29-4)13-18(17)15-25/h5-9,12-13H,10-11,14-15H2,1-4H3,(H,24,26). The lowest BCUT2D eigenvalue weighted by Gasteiger charge is -2.35. The number of fused-ring (bicyclic) bond motifs is 1. The van der Waals surface area contributed by atoms with E-state index in [0.29, 0.717) is 37.6 Å². The van der Waals surface area contributed by atoms with Crippen molar-refractivity contribution in [2.75, 3.05) is 20.8 Å². The van der Waals surface area contributed by atoms with Crippen LogP contribution in [0, 0.1) is 5.41 Å². The van der Waals surface area contributed by atoms with Crippen LogP contribution in [0.15, 0.2) is 42.5 Å². The molecule has 2 aromatic rings. The summed E-state index contributed by atoms with van der Waals surface area (Å²) in [4.78, 5) is 27.7. The Bertz CT molecular complexity index is 893. The van der Waals surface area contributed by atoms with Crippen molar-refractivity contribution in [2.45, 2.75) is 33.4 Å². The summed E-state index contributed by atoms with van der Waals surface area (Å²) in [6, 6.07) is 13.5. The third-order valence-corrected chi connectivity index (χ3v) is 5.40. The van der Waals surface area contributed by atoms with Crippen LogP contribution in [0.5, 0.6) is 11.5 Å². The number of carbonyl (C=O) groups excluding carboxylic acids is 2. The molecule has 0 unspecified atom stereocenters. The first-order valence-corrected chi connectivity index (χ1v) is 9.72. The van der Waals surface area contributed by atoms with Crippen molar-refractivity contribution in [3.05, 3.63) is 59.2 Å². The topological polar surface area (TPSA) is 67.9 Å². The normalized spacial score (nSPS) is 13.4. The van der Waals surface area contributed by atoms with Crippen LogP contribution in [-0.4, -0.2) is 37.5 Å². The number of nitrogens with one attached hydrogen (secondary N) is 1. The van der Waals surface area contributed by atoms with Gasteiger partial charge in [0.2, 0.25) is 11.8 Å². The summed E-state index contributed by atoms with van der Waals surface area (Å²) in [6.07, 6.45) is 0.711. The van der Waals surface area contributed by atoms with Crippen molar-refractivity contribution in [3.63, 3.8) is 0 Å². The quantitative estimate of drug-likeness (QED) is 0.763. The fraction of sp³-hybridized carbons (Fsp3) is 0.391. The Kier molecular flexibility index (Phi) is 6.11. The summed E-state index contributed by atoms with van der Waals surface area (Å²) in [7, 11) is 3.20. The van der Waals surface area contributed by atoms with Gasteiger partial charge in [-0.05, 0) is 49.1 Å². The molecule has 29 heavy (non-hydrogen) atoms. The lowest BCUT2D eigenvalue weighted by atomic mass is 9.88. The van der Waals surface area contributed by atoms with Crippen molar-refractivity contribution >= 4 is 11.8 Å². The minimum Gasteiger partial charge on any atom is -0.493 e. The van der Waals surface area contributed by atoms with Gasteiger partial charge in [0.1, 0.15) is 5.41 Å². The van der Waals surface area contributed by atoms with Crippen molar-refractivity contribution < 1.29 is 19.1 Å². The van der Waals surface area contributed by atoms with E-state index in [4.69, 9.17) is 9.47 Å². The van der Waals surface area contributed by atoms with Gasteiger partial charge in [-0.25, -0.2) is 0 Å². The van der Waals surface area contributed by atoms with Crippen LogP contribution in [0.4, 0.5) is 0 Å². The highest BCUT2D eigenvalue weighted by molar-refractivity contribution is 6.04. The minimum absolute atomic E-state index is 0.177. The smallest absolute Gasteiger partial charge is 0.238 e. The predicted molar refractivity (Wildman–Crippen MR) is 111 cm³/mol. The average molecular weight is 396 g/mol. The molecule has 0 radical (unpaired) electrons. The number of methoxy groups -OCH3 is 2. The monoisotopic (exact) mass is 396 g/mol. The average Bonchev–Trinajstić information content (AvgIpc) is 2.76. The molecular formula is C23H28N2O4. The highest BCUT2D eigenvalue weighted by Gasteiger charge is 2.40. The van der Waals surface area contributed by atoms with Gasteiger partial charge in [0.15, 0.2) is 11.5 Å². The number of nitrogens with zero attached hydrogens (tertiary/aromatic N) is 1. The molecule has 2 aromatic carbocycles. The molecule has 154 valence electrons. The second kappa shape index (κ2) is 8.55. The van der Waals surface area contributed by atoms with Gasteiger partial charge in [-0.2, -0.15) is 0 Å². The minimum atomic E-state index is -1.15. The zero-order chi connectivity index (χ0) is 21.0. The molecule has 1 aliphatic heterocycles. The molecule has 3 rings (SSSR count).